The van der Waals surface area contributed by atoms with Gasteiger partial charge in [-0.3, -0.25) is 5.10 Å². The fourth-order valence-electron chi connectivity index (χ4n) is 2.23. The number of nitrogens with zero attached hydrogens (tertiary/aromatic N) is 1. The second-order valence-electron chi connectivity index (χ2n) is 4.64. The van der Waals surface area contributed by atoms with Crippen molar-refractivity contribution in [2.75, 3.05) is 5.73 Å². The van der Waals surface area contributed by atoms with E-state index in [9.17, 15) is 8.78 Å². The Morgan fingerprint density at radius 3 is 2.52 bits per heavy atom. The van der Waals surface area contributed by atoms with Gasteiger partial charge in [-0.2, -0.15) is 5.10 Å². The van der Waals surface area contributed by atoms with Crippen molar-refractivity contribution in [2.24, 2.45) is 0 Å². The first kappa shape index (κ1) is 13.4. The highest BCUT2D eigenvalue weighted by atomic mass is 19.1. The minimum atomic E-state index is -0.676. The van der Waals surface area contributed by atoms with Gasteiger partial charge in [0.1, 0.15) is 23.1 Å². The van der Waals surface area contributed by atoms with Gasteiger partial charge in [-0.15, -0.1) is 0 Å². The van der Waals surface area contributed by atoms with Gasteiger partial charge in [0.2, 0.25) is 0 Å². The van der Waals surface area contributed by atoms with Crippen LogP contribution >= 0.6 is 0 Å². The first-order chi connectivity index (χ1) is 10.1. The maximum absolute atomic E-state index is 13.4. The number of benzene rings is 1. The van der Waals surface area contributed by atoms with Crippen molar-refractivity contribution in [3.05, 3.63) is 47.7 Å². The number of hydrogen-bond donors (Lipinski definition) is 2. The summed E-state index contributed by atoms with van der Waals surface area (Å²) in [7, 11) is 0. The van der Waals surface area contributed by atoms with E-state index >= 15 is 0 Å². The van der Waals surface area contributed by atoms with E-state index in [1.54, 1.807) is 6.07 Å². The van der Waals surface area contributed by atoms with E-state index in [1.807, 2.05) is 13.0 Å². The molecule has 0 saturated carbocycles. The summed E-state index contributed by atoms with van der Waals surface area (Å²) >= 11 is 0. The number of nitrogens with one attached hydrogen (secondary N) is 1. The molecule has 21 heavy (non-hydrogen) atoms. The molecule has 2 heterocycles. The number of nitrogen functional groups attached to an aromatic ring is 1. The maximum atomic E-state index is 13.4. The van der Waals surface area contributed by atoms with Gasteiger partial charge in [-0.05, 0) is 29.8 Å². The topological polar surface area (TPSA) is 67.8 Å². The van der Waals surface area contributed by atoms with E-state index in [0.29, 0.717) is 22.6 Å². The quantitative estimate of drug-likeness (QED) is 0.771. The number of halogens is 2. The van der Waals surface area contributed by atoms with Gasteiger partial charge in [0, 0.05) is 12.5 Å². The van der Waals surface area contributed by atoms with Crippen molar-refractivity contribution in [3.8, 4) is 22.6 Å². The van der Waals surface area contributed by atoms with Gasteiger partial charge in [-0.25, -0.2) is 8.78 Å². The molecule has 0 amide bonds. The lowest BCUT2D eigenvalue weighted by Gasteiger charge is -2.03. The zero-order valence-electron chi connectivity index (χ0n) is 11.3. The van der Waals surface area contributed by atoms with Crippen LogP contribution in [0.4, 0.5) is 14.6 Å². The zero-order valence-corrected chi connectivity index (χ0v) is 11.3. The van der Waals surface area contributed by atoms with E-state index in [4.69, 9.17) is 10.2 Å². The minimum Gasteiger partial charge on any atom is -0.459 e. The van der Waals surface area contributed by atoms with Crippen molar-refractivity contribution in [1.82, 2.24) is 10.2 Å². The molecule has 108 valence electrons. The molecule has 0 aliphatic carbocycles. The Balaban J connectivity index is 2.16. The van der Waals surface area contributed by atoms with Crippen molar-refractivity contribution in [3.63, 3.8) is 0 Å². The van der Waals surface area contributed by atoms with E-state index in [0.717, 1.165) is 18.2 Å². The predicted octanol–water partition coefficient (Wildman–Crippen LogP) is 3.76. The third-order valence-corrected chi connectivity index (χ3v) is 3.20. The van der Waals surface area contributed by atoms with Crippen molar-refractivity contribution in [1.29, 1.82) is 0 Å². The Bertz CT molecular complexity index is 772. The molecule has 3 aromatic rings. The second kappa shape index (κ2) is 5.05. The molecule has 0 aliphatic heterocycles. The number of H-pyrrole nitrogens is 1. The van der Waals surface area contributed by atoms with Crippen molar-refractivity contribution in [2.45, 2.75) is 13.3 Å². The predicted molar refractivity (Wildman–Crippen MR) is 75.4 cm³/mol. The van der Waals surface area contributed by atoms with Crippen LogP contribution in [0.1, 0.15) is 12.7 Å². The third kappa shape index (κ3) is 2.40. The monoisotopic (exact) mass is 289 g/mol. The largest absolute Gasteiger partial charge is 0.459 e. The van der Waals surface area contributed by atoms with Crippen LogP contribution < -0.4 is 5.73 Å². The molecule has 4 nitrogen and oxygen atoms in total. The Morgan fingerprint density at radius 2 is 1.90 bits per heavy atom. The summed E-state index contributed by atoms with van der Waals surface area (Å²) in [6, 6.07) is 6.82. The summed E-state index contributed by atoms with van der Waals surface area (Å²) < 4.78 is 32.5. The molecule has 1 aromatic carbocycles. The molecule has 0 fully saturated rings. The molecule has 0 spiro atoms. The molecule has 0 unspecified atom stereocenters. The SMILES string of the molecule is CCc1ccc(-c2[nH]nc(N)c2-c2cc(F)cc(F)c2)o1. The van der Waals surface area contributed by atoms with Crippen LogP contribution in [0.2, 0.25) is 0 Å². The number of aromatic amines is 1. The van der Waals surface area contributed by atoms with Gasteiger partial charge in [0.15, 0.2) is 11.6 Å². The molecular weight excluding hydrogens is 276 g/mol. The number of anilines is 1. The lowest BCUT2D eigenvalue weighted by molar-refractivity contribution is 0.527. The number of aryl methyl sites for hydroxylation is 1. The highest BCUT2D eigenvalue weighted by Crippen LogP contribution is 2.36. The van der Waals surface area contributed by atoms with Crippen LogP contribution in [-0.2, 0) is 6.42 Å². The molecule has 6 heteroatoms. The normalized spacial score (nSPS) is 11.0. The molecule has 2 aromatic heterocycles. The summed E-state index contributed by atoms with van der Waals surface area (Å²) in [4.78, 5) is 0. The Morgan fingerprint density at radius 1 is 1.19 bits per heavy atom. The number of hydrogen-bond acceptors (Lipinski definition) is 3. The Hall–Kier alpha value is -2.63. The molecule has 0 atom stereocenters. The van der Waals surface area contributed by atoms with Crippen LogP contribution in [0.25, 0.3) is 22.6 Å². The van der Waals surface area contributed by atoms with Crippen molar-refractivity contribution < 1.29 is 13.2 Å². The van der Waals surface area contributed by atoms with Crippen LogP contribution in [0.5, 0.6) is 0 Å². The average molecular weight is 289 g/mol. The first-order valence-electron chi connectivity index (χ1n) is 6.48. The molecule has 3 N–H and O–H groups in total. The molecular formula is C15H13F2N3O. The van der Waals surface area contributed by atoms with E-state index in [1.165, 1.54) is 12.1 Å². The van der Waals surface area contributed by atoms with E-state index in [-0.39, 0.29) is 5.82 Å². The van der Waals surface area contributed by atoms with Crippen LogP contribution in [0.15, 0.2) is 34.7 Å². The smallest absolute Gasteiger partial charge is 0.153 e. The molecule has 0 radical (unpaired) electrons. The fraction of sp³-hybridized carbons (Fsp3) is 0.133. The van der Waals surface area contributed by atoms with Gasteiger partial charge in [0.25, 0.3) is 0 Å². The Kier molecular flexibility index (Phi) is 3.21. The standard InChI is InChI=1S/C15H13F2N3O/c1-2-11-3-4-12(21-11)14-13(15(18)20-19-14)8-5-9(16)7-10(17)6-8/h3-7H,2H2,1H3,(H3,18,19,20). The Labute approximate surface area is 119 Å². The lowest BCUT2D eigenvalue weighted by atomic mass is 10.0. The molecule has 3 rings (SSSR count). The third-order valence-electron chi connectivity index (χ3n) is 3.20. The van der Waals surface area contributed by atoms with Crippen LogP contribution in [-0.4, -0.2) is 10.2 Å². The number of rotatable bonds is 3. The summed E-state index contributed by atoms with van der Waals surface area (Å²) in [6.07, 6.45) is 0.744. The summed E-state index contributed by atoms with van der Waals surface area (Å²) in [5, 5.41) is 6.66. The summed E-state index contributed by atoms with van der Waals surface area (Å²) in [5.74, 6) is 0.130. The second-order valence-corrected chi connectivity index (χ2v) is 4.64. The van der Waals surface area contributed by atoms with Crippen LogP contribution in [0, 0.1) is 11.6 Å². The number of aromatic nitrogens is 2. The number of furan rings is 1. The molecule has 0 aliphatic rings. The molecule has 0 saturated heterocycles. The fourth-order valence-corrected chi connectivity index (χ4v) is 2.23. The maximum Gasteiger partial charge on any atom is 0.153 e. The summed E-state index contributed by atoms with van der Waals surface area (Å²) in [5.41, 5.74) is 7.05. The van der Waals surface area contributed by atoms with E-state index in [2.05, 4.69) is 10.2 Å². The minimum absolute atomic E-state index is 0.157. The van der Waals surface area contributed by atoms with Gasteiger partial charge < -0.3 is 10.2 Å². The number of nitrogens with two attached hydrogens (primary N) is 1. The zero-order chi connectivity index (χ0) is 15.0. The average Bonchev–Trinajstić information content (AvgIpc) is 3.03. The highest BCUT2D eigenvalue weighted by molar-refractivity contribution is 5.86. The van der Waals surface area contributed by atoms with Crippen LogP contribution in [0.3, 0.4) is 0 Å². The highest BCUT2D eigenvalue weighted by Gasteiger charge is 2.18. The summed E-state index contributed by atoms with van der Waals surface area (Å²) in [6.45, 7) is 1.97. The van der Waals surface area contributed by atoms with Gasteiger partial charge in [-0.1, -0.05) is 6.92 Å². The van der Waals surface area contributed by atoms with Gasteiger partial charge in [0.05, 0.1) is 5.56 Å². The first-order valence-corrected chi connectivity index (χ1v) is 6.48. The lowest BCUT2D eigenvalue weighted by Crippen LogP contribution is -1.90. The van der Waals surface area contributed by atoms with Gasteiger partial charge >= 0.3 is 0 Å². The molecule has 0 bridgehead atoms. The van der Waals surface area contributed by atoms with Crippen molar-refractivity contribution >= 4 is 5.82 Å². The van der Waals surface area contributed by atoms with E-state index < -0.39 is 11.6 Å².